The summed E-state index contributed by atoms with van der Waals surface area (Å²) in [6.07, 6.45) is 1.47. The van der Waals surface area contributed by atoms with Gasteiger partial charge in [-0.3, -0.25) is 14.4 Å². The highest BCUT2D eigenvalue weighted by molar-refractivity contribution is 9.10. The lowest BCUT2D eigenvalue weighted by molar-refractivity contribution is 0.421. The van der Waals surface area contributed by atoms with Gasteiger partial charge in [0.2, 0.25) is 5.88 Å². The Morgan fingerprint density at radius 2 is 1.91 bits per heavy atom. The highest BCUT2D eigenvalue weighted by Crippen LogP contribution is 2.29. The molecule has 1 aromatic carbocycles. The highest BCUT2D eigenvalue weighted by atomic mass is 79.9. The summed E-state index contributed by atoms with van der Waals surface area (Å²) in [5, 5.41) is 19.3. The highest BCUT2D eigenvalue weighted by Gasteiger charge is 2.15. The zero-order valence-electron chi connectivity index (χ0n) is 13.3. The lowest BCUT2D eigenvalue weighted by Gasteiger charge is -2.10. The molecule has 0 fully saturated rings. The number of hydrogen-bond donors (Lipinski definition) is 1. The number of aromatic nitrogens is 1. The average molecular weight is 374 g/mol. The number of benzene rings is 1. The molecule has 0 spiro atoms. The van der Waals surface area contributed by atoms with Crippen LogP contribution in [0.4, 0.5) is 5.69 Å². The smallest absolute Gasteiger partial charge is 0.271 e. The predicted molar refractivity (Wildman–Crippen MR) is 93.7 cm³/mol. The first kappa shape index (κ1) is 17.0. The largest absolute Gasteiger partial charge is 0.494 e. The summed E-state index contributed by atoms with van der Waals surface area (Å²) in [6, 6.07) is 5.78. The van der Waals surface area contributed by atoms with Gasteiger partial charge in [-0.1, -0.05) is 0 Å². The van der Waals surface area contributed by atoms with Gasteiger partial charge in [0.15, 0.2) is 0 Å². The van der Waals surface area contributed by atoms with Crippen molar-refractivity contribution in [3.05, 3.63) is 54.8 Å². The van der Waals surface area contributed by atoms with Gasteiger partial charge < -0.3 is 5.11 Å². The van der Waals surface area contributed by atoms with Crippen LogP contribution in [0.15, 0.2) is 26.4 Å². The molecule has 0 saturated heterocycles. The van der Waals surface area contributed by atoms with Crippen molar-refractivity contribution >= 4 is 27.8 Å². The lowest BCUT2D eigenvalue weighted by atomic mass is 10.1. The van der Waals surface area contributed by atoms with Gasteiger partial charge in [-0.05, 0) is 65.5 Å². The molecule has 0 amide bonds. The lowest BCUT2D eigenvalue weighted by Crippen LogP contribution is -2.22. The van der Waals surface area contributed by atoms with Gasteiger partial charge >= 0.3 is 0 Å². The minimum absolute atomic E-state index is 0.00547. The average Bonchev–Trinajstić information content (AvgIpc) is 2.50. The molecule has 0 radical (unpaired) electrons. The number of aryl methyl sites for hydroxylation is 2. The molecule has 23 heavy (non-hydrogen) atoms. The van der Waals surface area contributed by atoms with Gasteiger partial charge in [0.05, 0.1) is 11.3 Å². The summed E-state index contributed by atoms with van der Waals surface area (Å²) in [4.78, 5) is 16.3. The van der Waals surface area contributed by atoms with Gasteiger partial charge in [0, 0.05) is 17.7 Å². The van der Waals surface area contributed by atoms with Gasteiger partial charge in [-0.15, -0.1) is 0 Å². The summed E-state index contributed by atoms with van der Waals surface area (Å²) in [7, 11) is 1.42. The van der Waals surface area contributed by atoms with Gasteiger partial charge in [0.1, 0.15) is 11.6 Å². The Bertz CT molecular complexity index is 921. The molecule has 0 aliphatic heterocycles. The normalized spacial score (nSPS) is 11.0. The molecule has 1 aromatic heterocycles. The van der Waals surface area contributed by atoms with E-state index in [2.05, 4.69) is 20.9 Å². The molecule has 5 nitrogen and oxygen atoms in total. The number of hydrogen-bond acceptors (Lipinski definition) is 4. The van der Waals surface area contributed by atoms with E-state index in [0.717, 1.165) is 20.2 Å². The van der Waals surface area contributed by atoms with Crippen molar-refractivity contribution in [2.24, 2.45) is 12.0 Å². The fraction of sp³-hybridized carbons (Fsp3) is 0.235. The molecule has 0 unspecified atom stereocenters. The molecule has 0 aliphatic rings. The summed E-state index contributed by atoms with van der Waals surface area (Å²) in [5.74, 6) is -0.213. The Morgan fingerprint density at radius 3 is 2.52 bits per heavy atom. The summed E-state index contributed by atoms with van der Waals surface area (Å²) in [5.41, 5.74) is 3.20. The number of pyridine rings is 1. The molecule has 0 saturated carbocycles. The van der Waals surface area contributed by atoms with Crippen LogP contribution in [-0.4, -0.2) is 15.9 Å². The quantitative estimate of drug-likeness (QED) is 0.819. The predicted octanol–water partition coefficient (Wildman–Crippen LogP) is 3.40. The molecular weight excluding hydrogens is 358 g/mol. The molecule has 2 rings (SSSR count). The molecule has 1 heterocycles. The minimum atomic E-state index is -0.521. The Kier molecular flexibility index (Phi) is 4.71. The van der Waals surface area contributed by atoms with Crippen molar-refractivity contribution in [2.45, 2.75) is 20.8 Å². The molecule has 1 N–H and O–H groups in total. The van der Waals surface area contributed by atoms with Crippen LogP contribution in [0.1, 0.15) is 27.8 Å². The zero-order chi connectivity index (χ0) is 17.3. The van der Waals surface area contributed by atoms with Crippen LogP contribution in [-0.2, 0) is 7.05 Å². The first-order valence-electron chi connectivity index (χ1n) is 6.91. The van der Waals surface area contributed by atoms with Crippen LogP contribution < -0.4 is 5.56 Å². The van der Waals surface area contributed by atoms with Crippen molar-refractivity contribution in [1.29, 1.82) is 5.26 Å². The zero-order valence-corrected chi connectivity index (χ0v) is 14.9. The second-order valence-electron chi connectivity index (χ2n) is 5.36. The van der Waals surface area contributed by atoms with E-state index < -0.39 is 5.56 Å². The summed E-state index contributed by atoms with van der Waals surface area (Å²) >= 11 is 3.46. The third kappa shape index (κ3) is 3.06. The van der Waals surface area contributed by atoms with E-state index in [4.69, 9.17) is 5.26 Å². The Morgan fingerprint density at radius 1 is 1.30 bits per heavy atom. The number of rotatable bonds is 2. The molecule has 6 heteroatoms. The third-order valence-corrected chi connectivity index (χ3v) is 4.50. The third-order valence-electron chi connectivity index (χ3n) is 3.86. The van der Waals surface area contributed by atoms with Crippen molar-refractivity contribution in [2.75, 3.05) is 0 Å². The van der Waals surface area contributed by atoms with Crippen LogP contribution in [0.3, 0.4) is 0 Å². The number of aromatic hydroxyl groups is 1. The van der Waals surface area contributed by atoms with Crippen LogP contribution in [0.25, 0.3) is 0 Å². The molecule has 2 aromatic rings. The van der Waals surface area contributed by atoms with Crippen molar-refractivity contribution in [1.82, 2.24) is 4.57 Å². The maximum absolute atomic E-state index is 11.9. The van der Waals surface area contributed by atoms with Gasteiger partial charge in [-0.2, -0.15) is 5.26 Å². The second-order valence-corrected chi connectivity index (χ2v) is 6.21. The van der Waals surface area contributed by atoms with Crippen LogP contribution in [0, 0.1) is 32.1 Å². The SMILES string of the molecule is Cc1cc(Br)c(N=Cc2c(C)c(C#N)c(=O)n(C)c2O)cc1C. The fourth-order valence-corrected chi connectivity index (χ4v) is 2.75. The van der Waals surface area contributed by atoms with Crippen molar-refractivity contribution in [3.8, 4) is 11.9 Å². The van der Waals surface area contributed by atoms with Crippen molar-refractivity contribution in [3.63, 3.8) is 0 Å². The number of aliphatic imine (C=N–C) groups is 1. The standard InChI is InChI=1S/C17H16BrN3O2/c1-9-5-14(18)15(6-10(9)2)20-8-13-11(3)12(7-19)16(22)21(4)17(13)23/h5-6,8,23H,1-4H3. The maximum Gasteiger partial charge on any atom is 0.271 e. The van der Waals surface area contributed by atoms with E-state index in [1.165, 1.54) is 13.3 Å². The summed E-state index contributed by atoms with van der Waals surface area (Å²) in [6.45, 7) is 5.62. The van der Waals surface area contributed by atoms with E-state index in [9.17, 15) is 9.90 Å². The molecule has 0 aliphatic carbocycles. The van der Waals surface area contributed by atoms with E-state index in [-0.39, 0.29) is 11.4 Å². The minimum Gasteiger partial charge on any atom is -0.494 e. The van der Waals surface area contributed by atoms with Crippen LogP contribution in [0.2, 0.25) is 0 Å². The number of nitrogens with zero attached hydrogens (tertiary/aromatic N) is 3. The Labute approximate surface area is 142 Å². The van der Waals surface area contributed by atoms with E-state index >= 15 is 0 Å². The molecule has 0 bridgehead atoms. The fourth-order valence-electron chi connectivity index (χ4n) is 2.19. The van der Waals surface area contributed by atoms with E-state index in [0.29, 0.717) is 16.8 Å². The molecular formula is C17H16BrN3O2. The van der Waals surface area contributed by atoms with Gasteiger partial charge in [0.25, 0.3) is 5.56 Å². The monoisotopic (exact) mass is 373 g/mol. The maximum atomic E-state index is 11.9. The number of halogens is 1. The number of nitriles is 1. The summed E-state index contributed by atoms with van der Waals surface area (Å²) < 4.78 is 1.88. The topological polar surface area (TPSA) is 78.4 Å². The van der Waals surface area contributed by atoms with Crippen LogP contribution >= 0.6 is 15.9 Å². The first-order chi connectivity index (χ1) is 10.8. The van der Waals surface area contributed by atoms with E-state index in [1.807, 2.05) is 32.0 Å². The molecule has 118 valence electrons. The van der Waals surface area contributed by atoms with Crippen LogP contribution in [0.5, 0.6) is 5.88 Å². The first-order valence-corrected chi connectivity index (χ1v) is 7.70. The van der Waals surface area contributed by atoms with E-state index in [1.54, 1.807) is 6.92 Å². The van der Waals surface area contributed by atoms with Crippen molar-refractivity contribution < 1.29 is 5.11 Å². The Hall–Kier alpha value is -2.39. The second kappa shape index (κ2) is 6.39. The molecule has 0 atom stereocenters. The Balaban J connectivity index is 2.62. The van der Waals surface area contributed by atoms with Gasteiger partial charge in [-0.25, -0.2) is 0 Å².